The second-order valence-electron chi connectivity index (χ2n) is 5.82. The van der Waals surface area contributed by atoms with Gasteiger partial charge in [0.15, 0.2) is 0 Å². The van der Waals surface area contributed by atoms with Crippen LogP contribution in [0.3, 0.4) is 0 Å². The predicted molar refractivity (Wildman–Crippen MR) is 96.5 cm³/mol. The first-order valence-corrected chi connectivity index (χ1v) is 8.08. The number of hydrogen-bond donors (Lipinski definition) is 0. The van der Waals surface area contributed by atoms with E-state index >= 15 is 0 Å². The Morgan fingerprint density at radius 2 is 1.69 bits per heavy atom. The van der Waals surface area contributed by atoms with Crippen molar-refractivity contribution in [3.05, 3.63) is 72.3 Å². The van der Waals surface area contributed by atoms with Crippen LogP contribution >= 0.6 is 0 Å². The van der Waals surface area contributed by atoms with Crippen LogP contribution in [0.25, 0.3) is 0 Å². The molecule has 0 aliphatic heterocycles. The number of likely N-dealkylation sites (N-methyl/N-ethyl adjacent to an activating group) is 1. The van der Waals surface area contributed by atoms with Gasteiger partial charge in [-0.15, -0.1) is 6.58 Å². The molecule has 0 saturated heterocycles. The maximum absolute atomic E-state index is 12.7. The molecular formula is C20H22F3NO2. The molecule has 3 nitrogen and oxygen atoms in total. The molecule has 0 saturated carbocycles. The van der Waals surface area contributed by atoms with E-state index < -0.39 is 11.7 Å². The van der Waals surface area contributed by atoms with E-state index in [0.717, 1.165) is 23.4 Å². The minimum Gasteiger partial charge on any atom is -0.497 e. The quantitative estimate of drug-likeness (QED) is 0.620. The third-order valence-corrected chi connectivity index (χ3v) is 4.09. The molecule has 0 bridgehead atoms. The summed E-state index contributed by atoms with van der Waals surface area (Å²) >= 11 is 0. The number of methoxy groups -OCH3 is 1. The number of anilines is 1. The lowest BCUT2D eigenvalue weighted by atomic mass is 10.1. The second-order valence-corrected chi connectivity index (χ2v) is 5.82. The molecular weight excluding hydrogens is 343 g/mol. The Balaban J connectivity index is 1.93. The smallest absolute Gasteiger partial charge is 0.416 e. The first-order valence-electron chi connectivity index (χ1n) is 8.08. The minimum atomic E-state index is -4.34. The average molecular weight is 365 g/mol. The maximum atomic E-state index is 12.7. The normalized spacial score (nSPS) is 12.5. The van der Waals surface area contributed by atoms with Crippen molar-refractivity contribution in [1.29, 1.82) is 0 Å². The van der Waals surface area contributed by atoms with Crippen LogP contribution in [0.2, 0.25) is 0 Å². The Morgan fingerprint density at radius 3 is 2.19 bits per heavy atom. The fraction of sp³-hybridized carbons (Fsp3) is 0.300. The highest BCUT2D eigenvalue weighted by Gasteiger charge is 2.30. The SMILES string of the molecule is C=CC(COCc1ccc(OC)cc1)N(C)c1ccc(C(F)(F)F)cc1. The molecule has 0 aromatic heterocycles. The summed E-state index contributed by atoms with van der Waals surface area (Å²) in [5.41, 5.74) is 1.00. The molecule has 0 aliphatic carbocycles. The highest BCUT2D eigenvalue weighted by molar-refractivity contribution is 5.49. The van der Waals surface area contributed by atoms with E-state index in [0.29, 0.717) is 18.9 Å². The molecule has 26 heavy (non-hydrogen) atoms. The third kappa shape index (κ3) is 5.26. The summed E-state index contributed by atoms with van der Waals surface area (Å²) in [5, 5.41) is 0. The fourth-order valence-electron chi connectivity index (χ4n) is 2.43. The van der Waals surface area contributed by atoms with Crippen LogP contribution in [0.5, 0.6) is 5.75 Å². The summed E-state index contributed by atoms with van der Waals surface area (Å²) in [4.78, 5) is 1.83. The molecule has 140 valence electrons. The van der Waals surface area contributed by atoms with Gasteiger partial charge in [-0.1, -0.05) is 18.2 Å². The number of ether oxygens (including phenoxy) is 2. The van der Waals surface area contributed by atoms with Gasteiger partial charge in [0.2, 0.25) is 0 Å². The van der Waals surface area contributed by atoms with Crippen molar-refractivity contribution in [2.24, 2.45) is 0 Å². The van der Waals surface area contributed by atoms with E-state index in [-0.39, 0.29) is 6.04 Å². The summed E-state index contributed by atoms with van der Waals surface area (Å²) in [5.74, 6) is 0.778. The van der Waals surface area contributed by atoms with Gasteiger partial charge in [-0.3, -0.25) is 0 Å². The van der Waals surface area contributed by atoms with E-state index in [9.17, 15) is 13.2 Å². The van der Waals surface area contributed by atoms with Gasteiger partial charge in [-0.2, -0.15) is 13.2 Å². The van der Waals surface area contributed by atoms with Crippen molar-refractivity contribution < 1.29 is 22.6 Å². The van der Waals surface area contributed by atoms with Crippen molar-refractivity contribution in [1.82, 2.24) is 0 Å². The van der Waals surface area contributed by atoms with Crippen LogP contribution in [-0.2, 0) is 17.5 Å². The van der Waals surface area contributed by atoms with Gasteiger partial charge in [-0.05, 0) is 42.0 Å². The Kier molecular flexibility index (Phi) is 6.69. The zero-order valence-corrected chi connectivity index (χ0v) is 14.8. The van der Waals surface area contributed by atoms with E-state index in [4.69, 9.17) is 9.47 Å². The lowest BCUT2D eigenvalue weighted by Gasteiger charge is -2.27. The van der Waals surface area contributed by atoms with Crippen molar-refractivity contribution in [2.75, 3.05) is 25.7 Å². The molecule has 1 atom stereocenters. The standard InChI is InChI=1S/C20H22F3NO2/c1-4-17(14-26-13-15-5-11-19(25-3)12-6-15)24(2)18-9-7-16(8-10-18)20(21,22)23/h4-12,17H,1,13-14H2,2-3H3. The lowest BCUT2D eigenvalue weighted by molar-refractivity contribution is -0.137. The summed E-state index contributed by atoms with van der Waals surface area (Å²) in [6.45, 7) is 4.59. The van der Waals surface area contributed by atoms with Gasteiger partial charge in [0.25, 0.3) is 0 Å². The maximum Gasteiger partial charge on any atom is 0.416 e. The number of alkyl halides is 3. The molecule has 0 radical (unpaired) electrons. The molecule has 0 heterocycles. The molecule has 0 spiro atoms. The molecule has 2 aromatic carbocycles. The molecule has 6 heteroatoms. The molecule has 1 unspecified atom stereocenters. The molecule has 2 rings (SSSR count). The van der Waals surface area contributed by atoms with Crippen LogP contribution in [0.15, 0.2) is 61.2 Å². The van der Waals surface area contributed by atoms with Gasteiger partial charge in [0.05, 0.1) is 31.9 Å². The van der Waals surface area contributed by atoms with Gasteiger partial charge in [-0.25, -0.2) is 0 Å². The highest BCUT2D eigenvalue weighted by atomic mass is 19.4. The zero-order chi connectivity index (χ0) is 19.2. The second kappa shape index (κ2) is 8.76. The predicted octanol–water partition coefficient (Wildman–Crippen LogP) is 4.92. The zero-order valence-electron chi connectivity index (χ0n) is 14.8. The van der Waals surface area contributed by atoms with Crippen LogP contribution in [0.4, 0.5) is 18.9 Å². The van der Waals surface area contributed by atoms with E-state index in [1.165, 1.54) is 12.1 Å². The molecule has 0 amide bonds. The van der Waals surface area contributed by atoms with Gasteiger partial charge in [0, 0.05) is 12.7 Å². The van der Waals surface area contributed by atoms with Crippen LogP contribution in [-0.4, -0.2) is 26.8 Å². The van der Waals surface area contributed by atoms with Crippen LogP contribution < -0.4 is 9.64 Å². The summed E-state index contributed by atoms with van der Waals surface area (Å²) < 4.78 is 48.8. The summed E-state index contributed by atoms with van der Waals surface area (Å²) in [7, 11) is 3.41. The fourth-order valence-corrected chi connectivity index (χ4v) is 2.43. The van der Waals surface area contributed by atoms with Crippen LogP contribution in [0, 0.1) is 0 Å². The van der Waals surface area contributed by atoms with E-state index in [1.54, 1.807) is 20.2 Å². The molecule has 0 aliphatic rings. The van der Waals surface area contributed by atoms with Crippen molar-refractivity contribution in [3.63, 3.8) is 0 Å². The number of hydrogen-bond acceptors (Lipinski definition) is 3. The average Bonchev–Trinajstić information content (AvgIpc) is 2.64. The van der Waals surface area contributed by atoms with Crippen molar-refractivity contribution in [2.45, 2.75) is 18.8 Å². The Labute approximate surface area is 151 Å². The number of benzene rings is 2. The molecule has 0 fully saturated rings. The Morgan fingerprint density at radius 1 is 1.08 bits per heavy atom. The third-order valence-electron chi connectivity index (χ3n) is 4.09. The Bertz CT molecular complexity index is 696. The van der Waals surface area contributed by atoms with Crippen LogP contribution in [0.1, 0.15) is 11.1 Å². The van der Waals surface area contributed by atoms with E-state index in [1.807, 2.05) is 29.2 Å². The Hall–Kier alpha value is -2.47. The number of halogens is 3. The topological polar surface area (TPSA) is 21.7 Å². The highest BCUT2D eigenvalue weighted by Crippen LogP contribution is 2.30. The van der Waals surface area contributed by atoms with Crippen molar-refractivity contribution in [3.8, 4) is 5.75 Å². The summed E-state index contributed by atoms with van der Waals surface area (Å²) in [6, 6.07) is 12.4. The van der Waals surface area contributed by atoms with Gasteiger partial charge >= 0.3 is 6.18 Å². The summed E-state index contributed by atoms with van der Waals surface area (Å²) in [6.07, 6.45) is -2.62. The lowest BCUT2D eigenvalue weighted by Crippen LogP contribution is -2.33. The minimum absolute atomic E-state index is 0.162. The largest absolute Gasteiger partial charge is 0.497 e. The molecule has 0 N–H and O–H groups in total. The van der Waals surface area contributed by atoms with Gasteiger partial charge in [0.1, 0.15) is 5.75 Å². The van der Waals surface area contributed by atoms with Gasteiger partial charge < -0.3 is 14.4 Å². The molecule has 2 aromatic rings. The van der Waals surface area contributed by atoms with E-state index in [2.05, 4.69) is 6.58 Å². The number of rotatable bonds is 8. The van der Waals surface area contributed by atoms with Crippen molar-refractivity contribution >= 4 is 5.69 Å². The number of nitrogens with zero attached hydrogens (tertiary/aromatic N) is 1. The first kappa shape index (κ1) is 19.8. The monoisotopic (exact) mass is 365 g/mol. The first-order chi connectivity index (χ1) is 12.3.